The van der Waals surface area contributed by atoms with Crippen LogP contribution in [-0.2, 0) is 4.74 Å². The molecule has 1 rings (SSSR count). The van der Waals surface area contributed by atoms with Crippen LogP contribution in [0.25, 0.3) is 0 Å². The van der Waals surface area contributed by atoms with Crippen LogP contribution in [0.1, 0.15) is 26.2 Å². The van der Waals surface area contributed by atoms with E-state index in [9.17, 15) is 0 Å². The lowest BCUT2D eigenvalue weighted by atomic mass is 10.0. The summed E-state index contributed by atoms with van der Waals surface area (Å²) in [5, 5.41) is 0. The van der Waals surface area contributed by atoms with E-state index in [0.717, 1.165) is 19.5 Å². The molecule has 0 aromatic carbocycles. The SMILES string of the molecule is CCC(CN)N1CCCC(OC)C1. The molecule has 78 valence electrons. The Hall–Kier alpha value is -0.120. The summed E-state index contributed by atoms with van der Waals surface area (Å²) in [6.07, 6.45) is 4.02. The molecule has 3 heteroatoms. The fraction of sp³-hybridized carbons (Fsp3) is 1.00. The molecule has 13 heavy (non-hydrogen) atoms. The standard InChI is InChI=1S/C10H22N2O/c1-3-9(7-11)12-6-4-5-10(8-12)13-2/h9-10H,3-8,11H2,1-2H3. The van der Waals surface area contributed by atoms with Gasteiger partial charge in [-0.2, -0.15) is 0 Å². The first-order chi connectivity index (χ1) is 6.31. The topological polar surface area (TPSA) is 38.5 Å². The molecule has 0 aromatic rings. The predicted octanol–water partition coefficient (Wildman–Crippen LogP) is 0.834. The van der Waals surface area contributed by atoms with E-state index in [1.54, 1.807) is 7.11 Å². The summed E-state index contributed by atoms with van der Waals surface area (Å²) in [6.45, 7) is 5.22. The second-order valence-corrected chi connectivity index (χ2v) is 3.79. The summed E-state index contributed by atoms with van der Waals surface area (Å²) in [5.74, 6) is 0. The van der Waals surface area contributed by atoms with E-state index in [4.69, 9.17) is 10.5 Å². The van der Waals surface area contributed by atoms with Crippen LogP contribution in [0.3, 0.4) is 0 Å². The molecule has 2 atom stereocenters. The van der Waals surface area contributed by atoms with E-state index in [0.29, 0.717) is 12.1 Å². The van der Waals surface area contributed by atoms with Gasteiger partial charge in [0, 0.05) is 26.2 Å². The summed E-state index contributed by atoms with van der Waals surface area (Å²) < 4.78 is 5.38. The smallest absolute Gasteiger partial charge is 0.0698 e. The number of rotatable bonds is 4. The van der Waals surface area contributed by atoms with E-state index >= 15 is 0 Å². The van der Waals surface area contributed by atoms with Gasteiger partial charge in [0.1, 0.15) is 0 Å². The quantitative estimate of drug-likeness (QED) is 0.707. The minimum Gasteiger partial charge on any atom is -0.380 e. The third-order valence-corrected chi connectivity index (χ3v) is 3.00. The Kier molecular flexibility index (Phi) is 4.70. The molecule has 0 aromatic heterocycles. The maximum Gasteiger partial charge on any atom is 0.0698 e. The second-order valence-electron chi connectivity index (χ2n) is 3.79. The number of hydrogen-bond donors (Lipinski definition) is 1. The first-order valence-corrected chi connectivity index (χ1v) is 5.28. The molecular weight excluding hydrogens is 164 g/mol. The maximum atomic E-state index is 5.72. The van der Waals surface area contributed by atoms with Crippen LogP contribution in [0.2, 0.25) is 0 Å². The van der Waals surface area contributed by atoms with Gasteiger partial charge in [0.05, 0.1) is 6.10 Å². The molecule has 2 N–H and O–H groups in total. The first kappa shape index (κ1) is 11.0. The first-order valence-electron chi connectivity index (χ1n) is 5.28. The Morgan fingerprint density at radius 3 is 2.92 bits per heavy atom. The lowest BCUT2D eigenvalue weighted by molar-refractivity contribution is 0.0153. The minimum atomic E-state index is 0.425. The lowest BCUT2D eigenvalue weighted by Crippen LogP contribution is -2.47. The van der Waals surface area contributed by atoms with Gasteiger partial charge < -0.3 is 10.5 Å². The molecule has 0 aliphatic carbocycles. The van der Waals surface area contributed by atoms with Gasteiger partial charge in [-0.05, 0) is 25.8 Å². The van der Waals surface area contributed by atoms with E-state index in [2.05, 4.69) is 11.8 Å². The third-order valence-electron chi connectivity index (χ3n) is 3.00. The number of nitrogens with two attached hydrogens (primary N) is 1. The van der Waals surface area contributed by atoms with Crippen molar-refractivity contribution < 1.29 is 4.74 Å². The van der Waals surface area contributed by atoms with Crippen LogP contribution < -0.4 is 5.73 Å². The Bertz CT molecular complexity index is 137. The van der Waals surface area contributed by atoms with Crippen molar-refractivity contribution in [2.75, 3.05) is 26.7 Å². The molecule has 3 nitrogen and oxygen atoms in total. The molecule has 1 aliphatic rings. The molecule has 0 bridgehead atoms. The van der Waals surface area contributed by atoms with E-state index < -0.39 is 0 Å². The predicted molar refractivity (Wildman–Crippen MR) is 54.7 cm³/mol. The Balaban J connectivity index is 2.40. The molecule has 1 aliphatic heterocycles. The second kappa shape index (κ2) is 5.58. The van der Waals surface area contributed by atoms with Gasteiger partial charge in [0.2, 0.25) is 0 Å². The highest BCUT2D eigenvalue weighted by atomic mass is 16.5. The van der Waals surface area contributed by atoms with Crippen LogP contribution >= 0.6 is 0 Å². The molecule has 0 saturated carbocycles. The summed E-state index contributed by atoms with van der Waals surface area (Å²) in [4.78, 5) is 2.47. The van der Waals surface area contributed by atoms with Gasteiger partial charge in [-0.25, -0.2) is 0 Å². The van der Waals surface area contributed by atoms with Crippen molar-refractivity contribution in [2.24, 2.45) is 5.73 Å². The van der Waals surface area contributed by atoms with Crippen molar-refractivity contribution >= 4 is 0 Å². The number of piperidine rings is 1. The zero-order chi connectivity index (χ0) is 9.68. The number of ether oxygens (including phenoxy) is 1. The van der Waals surface area contributed by atoms with Crippen molar-refractivity contribution in [3.63, 3.8) is 0 Å². The monoisotopic (exact) mass is 186 g/mol. The van der Waals surface area contributed by atoms with Crippen LogP contribution in [0.15, 0.2) is 0 Å². The molecule has 0 spiro atoms. The average molecular weight is 186 g/mol. The van der Waals surface area contributed by atoms with Crippen molar-refractivity contribution in [3.05, 3.63) is 0 Å². The molecule has 0 amide bonds. The number of nitrogens with zero attached hydrogens (tertiary/aromatic N) is 1. The van der Waals surface area contributed by atoms with Gasteiger partial charge in [-0.3, -0.25) is 4.90 Å². The molecule has 2 unspecified atom stereocenters. The fourth-order valence-electron chi connectivity index (χ4n) is 2.06. The van der Waals surface area contributed by atoms with Gasteiger partial charge in [0.25, 0.3) is 0 Å². The third kappa shape index (κ3) is 2.93. The molecule has 1 fully saturated rings. The Morgan fingerprint density at radius 1 is 1.62 bits per heavy atom. The van der Waals surface area contributed by atoms with Crippen LogP contribution in [0.5, 0.6) is 0 Å². The highest BCUT2D eigenvalue weighted by Crippen LogP contribution is 2.15. The molecular formula is C10H22N2O. The highest BCUT2D eigenvalue weighted by molar-refractivity contribution is 4.79. The van der Waals surface area contributed by atoms with Crippen LogP contribution in [0.4, 0.5) is 0 Å². The number of hydrogen-bond acceptors (Lipinski definition) is 3. The fourth-order valence-corrected chi connectivity index (χ4v) is 2.06. The number of methoxy groups -OCH3 is 1. The van der Waals surface area contributed by atoms with Gasteiger partial charge in [-0.15, -0.1) is 0 Å². The lowest BCUT2D eigenvalue weighted by Gasteiger charge is -2.36. The summed E-state index contributed by atoms with van der Waals surface area (Å²) in [5.41, 5.74) is 5.72. The van der Waals surface area contributed by atoms with Crippen LogP contribution in [0, 0.1) is 0 Å². The van der Waals surface area contributed by atoms with E-state index in [1.807, 2.05) is 0 Å². The van der Waals surface area contributed by atoms with E-state index in [-0.39, 0.29) is 0 Å². The Labute approximate surface area is 81.2 Å². The molecule has 1 saturated heterocycles. The van der Waals surface area contributed by atoms with Crippen LogP contribution in [-0.4, -0.2) is 43.8 Å². The average Bonchev–Trinajstić information content (AvgIpc) is 2.20. The summed E-state index contributed by atoms with van der Waals surface area (Å²) in [7, 11) is 1.80. The van der Waals surface area contributed by atoms with Crippen molar-refractivity contribution in [3.8, 4) is 0 Å². The largest absolute Gasteiger partial charge is 0.380 e. The zero-order valence-corrected chi connectivity index (χ0v) is 8.83. The summed E-state index contributed by atoms with van der Waals surface area (Å²) >= 11 is 0. The number of likely N-dealkylation sites (tertiary alicyclic amines) is 1. The maximum absolute atomic E-state index is 5.72. The van der Waals surface area contributed by atoms with Crippen molar-refractivity contribution in [2.45, 2.75) is 38.3 Å². The molecule has 1 heterocycles. The van der Waals surface area contributed by atoms with Gasteiger partial charge in [0.15, 0.2) is 0 Å². The normalized spacial score (nSPS) is 27.5. The Morgan fingerprint density at radius 2 is 2.38 bits per heavy atom. The van der Waals surface area contributed by atoms with E-state index in [1.165, 1.54) is 19.4 Å². The van der Waals surface area contributed by atoms with Crippen molar-refractivity contribution in [1.82, 2.24) is 4.90 Å². The zero-order valence-electron chi connectivity index (χ0n) is 8.83. The molecule has 0 radical (unpaired) electrons. The van der Waals surface area contributed by atoms with Gasteiger partial charge in [-0.1, -0.05) is 6.92 Å². The minimum absolute atomic E-state index is 0.425. The van der Waals surface area contributed by atoms with Crippen molar-refractivity contribution in [1.29, 1.82) is 0 Å². The highest BCUT2D eigenvalue weighted by Gasteiger charge is 2.23. The summed E-state index contributed by atoms with van der Waals surface area (Å²) in [6, 6.07) is 0.554. The van der Waals surface area contributed by atoms with Gasteiger partial charge >= 0.3 is 0 Å².